The number of nitrogens with zero attached hydrogens (tertiary/aromatic N) is 1. The molecule has 0 aliphatic rings. The van der Waals surface area contributed by atoms with Crippen molar-refractivity contribution in [1.29, 1.82) is 0 Å². The van der Waals surface area contributed by atoms with Gasteiger partial charge in [0.1, 0.15) is 5.01 Å². The van der Waals surface area contributed by atoms with Gasteiger partial charge < -0.3 is 5.32 Å². The van der Waals surface area contributed by atoms with Crippen molar-refractivity contribution in [3.05, 3.63) is 27.9 Å². The summed E-state index contributed by atoms with van der Waals surface area (Å²) in [7, 11) is 0. The number of nitrogens with one attached hydrogen (secondary N) is 1. The van der Waals surface area contributed by atoms with Crippen molar-refractivity contribution in [2.75, 3.05) is 13.2 Å². The molecule has 0 atom stereocenters. The first-order valence-electron chi connectivity index (χ1n) is 5.14. The molecule has 2 rings (SSSR count). The fourth-order valence-corrected chi connectivity index (χ4v) is 2.91. The Balaban J connectivity index is 1.88. The van der Waals surface area contributed by atoms with Gasteiger partial charge in [-0.05, 0) is 24.4 Å². The van der Waals surface area contributed by atoms with Crippen molar-refractivity contribution in [3.63, 3.8) is 0 Å². The van der Waals surface area contributed by atoms with E-state index in [0.717, 1.165) is 18.1 Å². The number of rotatable bonds is 6. The standard InChI is InChI=1S/C11H13FN2S2/c12-3-1-4-13-6-10-7-14-11(16-10)9-2-5-15-8-9/h2,5,7-8,13H,1,3-4,6H2. The molecule has 0 spiro atoms. The molecule has 0 unspecified atom stereocenters. The lowest BCUT2D eigenvalue weighted by Crippen LogP contribution is -2.14. The van der Waals surface area contributed by atoms with E-state index in [1.807, 2.05) is 6.20 Å². The van der Waals surface area contributed by atoms with Gasteiger partial charge in [0.25, 0.3) is 0 Å². The average molecular weight is 256 g/mol. The van der Waals surface area contributed by atoms with Crippen LogP contribution in [0.3, 0.4) is 0 Å². The van der Waals surface area contributed by atoms with E-state index in [2.05, 4.69) is 27.1 Å². The molecule has 2 nitrogen and oxygen atoms in total. The van der Waals surface area contributed by atoms with Crippen LogP contribution < -0.4 is 5.32 Å². The van der Waals surface area contributed by atoms with Gasteiger partial charge in [-0.25, -0.2) is 4.98 Å². The Morgan fingerprint density at radius 1 is 1.44 bits per heavy atom. The Bertz CT molecular complexity index is 411. The number of aromatic nitrogens is 1. The monoisotopic (exact) mass is 256 g/mol. The first-order valence-corrected chi connectivity index (χ1v) is 6.90. The third kappa shape index (κ3) is 3.10. The minimum absolute atomic E-state index is 0.254. The van der Waals surface area contributed by atoms with E-state index in [1.54, 1.807) is 22.7 Å². The Labute approximate surface area is 102 Å². The maximum absolute atomic E-state index is 11.9. The van der Waals surface area contributed by atoms with Crippen LogP contribution in [0.4, 0.5) is 4.39 Å². The van der Waals surface area contributed by atoms with E-state index in [0.29, 0.717) is 6.42 Å². The predicted molar refractivity (Wildman–Crippen MR) is 67.7 cm³/mol. The van der Waals surface area contributed by atoms with Gasteiger partial charge in [0, 0.05) is 28.6 Å². The van der Waals surface area contributed by atoms with Gasteiger partial charge >= 0.3 is 0 Å². The van der Waals surface area contributed by atoms with Crippen LogP contribution in [0, 0.1) is 0 Å². The minimum atomic E-state index is -0.254. The number of hydrogen-bond acceptors (Lipinski definition) is 4. The third-order valence-electron chi connectivity index (χ3n) is 2.11. The van der Waals surface area contributed by atoms with Crippen LogP contribution >= 0.6 is 22.7 Å². The SMILES string of the molecule is FCCCNCc1cnc(-c2ccsc2)s1. The first kappa shape index (κ1) is 11.7. The molecular weight excluding hydrogens is 243 g/mol. The number of halogens is 1. The van der Waals surface area contributed by atoms with Crippen molar-refractivity contribution in [1.82, 2.24) is 10.3 Å². The Kier molecular flexibility index (Phi) is 4.44. The molecule has 0 aromatic carbocycles. The van der Waals surface area contributed by atoms with Crippen LogP contribution in [-0.4, -0.2) is 18.2 Å². The highest BCUT2D eigenvalue weighted by atomic mass is 32.1. The number of thiophene rings is 1. The summed E-state index contributed by atoms with van der Waals surface area (Å²) in [6.45, 7) is 1.25. The Morgan fingerprint density at radius 3 is 3.12 bits per heavy atom. The molecule has 0 aliphatic heterocycles. The fourth-order valence-electron chi connectivity index (χ4n) is 1.31. The number of thiazole rings is 1. The molecule has 5 heteroatoms. The van der Waals surface area contributed by atoms with Gasteiger partial charge in [-0.2, -0.15) is 11.3 Å². The maximum Gasteiger partial charge on any atom is 0.124 e. The molecule has 16 heavy (non-hydrogen) atoms. The zero-order chi connectivity index (χ0) is 11.2. The van der Waals surface area contributed by atoms with Gasteiger partial charge in [-0.15, -0.1) is 11.3 Å². The summed E-state index contributed by atoms with van der Waals surface area (Å²) < 4.78 is 11.9. The van der Waals surface area contributed by atoms with Gasteiger partial charge in [0.2, 0.25) is 0 Å². The van der Waals surface area contributed by atoms with E-state index in [1.165, 1.54) is 10.4 Å². The molecule has 0 fully saturated rings. The van der Waals surface area contributed by atoms with Crippen LogP contribution in [-0.2, 0) is 6.54 Å². The largest absolute Gasteiger partial charge is 0.312 e. The summed E-state index contributed by atoms with van der Waals surface area (Å²) in [6, 6.07) is 2.07. The van der Waals surface area contributed by atoms with E-state index in [9.17, 15) is 4.39 Å². The van der Waals surface area contributed by atoms with E-state index in [-0.39, 0.29) is 6.67 Å². The molecule has 0 aliphatic carbocycles. The summed E-state index contributed by atoms with van der Waals surface area (Å²) >= 11 is 3.37. The molecule has 0 amide bonds. The number of alkyl halides is 1. The fraction of sp³-hybridized carbons (Fsp3) is 0.364. The summed E-state index contributed by atoms with van der Waals surface area (Å²) in [6.07, 6.45) is 2.47. The smallest absolute Gasteiger partial charge is 0.124 e. The van der Waals surface area contributed by atoms with E-state index in [4.69, 9.17) is 0 Å². The van der Waals surface area contributed by atoms with Gasteiger partial charge in [-0.3, -0.25) is 4.39 Å². The van der Waals surface area contributed by atoms with Gasteiger partial charge in [0.15, 0.2) is 0 Å². The summed E-state index contributed by atoms with van der Waals surface area (Å²) in [5, 5.41) is 8.40. The lowest BCUT2D eigenvalue weighted by Gasteiger charge is -1.98. The molecule has 86 valence electrons. The zero-order valence-corrected chi connectivity index (χ0v) is 10.4. The van der Waals surface area contributed by atoms with Crippen LogP contribution in [0.1, 0.15) is 11.3 Å². The summed E-state index contributed by atoms with van der Waals surface area (Å²) in [4.78, 5) is 5.56. The molecule has 0 saturated heterocycles. The van der Waals surface area contributed by atoms with Crippen molar-refractivity contribution in [3.8, 4) is 10.6 Å². The second-order valence-electron chi connectivity index (χ2n) is 3.36. The summed E-state index contributed by atoms with van der Waals surface area (Å²) in [5.74, 6) is 0. The van der Waals surface area contributed by atoms with Crippen LogP contribution in [0.15, 0.2) is 23.0 Å². The van der Waals surface area contributed by atoms with Crippen LogP contribution in [0.5, 0.6) is 0 Å². The third-order valence-corrected chi connectivity index (χ3v) is 3.84. The normalized spacial score (nSPS) is 10.8. The zero-order valence-electron chi connectivity index (χ0n) is 8.78. The first-order chi connectivity index (χ1) is 7.90. The van der Waals surface area contributed by atoms with Gasteiger partial charge in [0.05, 0.1) is 6.67 Å². The van der Waals surface area contributed by atoms with E-state index >= 15 is 0 Å². The molecule has 1 N–H and O–H groups in total. The lowest BCUT2D eigenvalue weighted by atomic mass is 10.4. The minimum Gasteiger partial charge on any atom is -0.312 e. The van der Waals surface area contributed by atoms with Crippen molar-refractivity contribution >= 4 is 22.7 Å². The topological polar surface area (TPSA) is 24.9 Å². The van der Waals surface area contributed by atoms with Crippen molar-refractivity contribution in [2.45, 2.75) is 13.0 Å². The molecule has 2 aromatic rings. The Hall–Kier alpha value is -0.780. The highest BCUT2D eigenvalue weighted by Crippen LogP contribution is 2.26. The molecule has 0 saturated carbocycles. The Morgan fingerprint density at radius 2 is 2.38 bits per heavy atom. The predicted octanol–water partition coefficient (Wildman–Crippen LogP) is 3.32. The van der Waals surface area contributed by atoms with Crippen LogP contribution in [0.25, 0.3) is 10.6 Å². The van der Waals surface area contributed by atoms with E-state index < -0.39 is 0 Å². The second kappa shape index (κ2) is 6.08. The second-order valence-corrected chi connectivity index (χ2v) is 5.26. The summed E-state index contributed by atoms with van der Waals surface area (Å²) in [5.41, 5.74) is 1.19. The molecule has 2 aromatic heterocycles. The maximum atomic E-state index is 11.9. The van der Waals surface area contributed by atoms with Crippen molar-refractivity contribution < 1.29 is 4.39 Å². The molecule has 2 heterocycles. The highest BCUT2D eigenvalue weighted by Gasteiger charge is 2.04. The average Bonchev–Trinajstić information content (AvgIpc) is 2.94. The lowest BCUT2D eigenvalue weighted by molar-refractivity contribution is 0.459. The molecular formula is C11H13FN2S2. The van der Waals surface area contributed by atoms with Crippen molar-refractivity contribution in [2.24, 2.45) is 0 Å². The van der Waals surface area contributed by atoms with Crippen LogP contribution in [0.2, 0.25) is 0 Å². The number of hydrogen-bond donors (Lipinski definition) is 1. The molecule has 0 bridgehead atoms. The quantitative estimate of drug-likeness (QED) is 0.802. The highest BCUT2D eigenvalue weighted by molar-refractivity contribution is 7.15. The van der Waals surface area contributed by atoms with Gasteiger partial charge in [-0.1, -0.05) is 0 Å². The molecule has 0 radical (unpaired) electrons.